The van der Waals surface area contributed by atoms with Crippen LogP contribution in [-0.2, 0) is 4.79 Å². The van der Waals surface area contributed by atoms with Crippen LogP contribution in [0.4, 0.5) is 11.4 Å². The van der Waals surface area contributed by atoms with Gasteiger partial charge in [-0.05, 0) is 42.3 Å². The van der Waals surface area contributed by atoms with E-state index in [2.05, 4.69) is 0 Å². The molecule has 126 valence electrons. The lowest BCUT2D eigenvalue weighted by Crippen LogP contribution is -2.23. The lowest BCUT2D eigenvalue weighted by Gasteiger charge is -2.16. The molecule has 1 saturated heterocycles. The van der Waals surface area contributed by atoms with Crippen molar-refractivity contribution in [1.82, 2.24) is 0 Å². The number of hydrogen-bond donors (Lipinski definition) is 0. The molecule has 1 aliphatic heterocycles. The van der Waals surface area contributed by atoms with Crippen LogP contribution in [0.15, 0.2) is 54.6 Å². The topological polar surface area (TPSA) is 80.5 Å². The predicted molar refractivity (Wildman–Crippen MR) is 94.5 cm³/mol. The number of carbonyl (C=O) groups is 2. The van der Waals surface area contributed by atoms with E-state index in [1.54, 1.807) is 41.3 Å². The van der Waals surface area contributed by atoms with E-state index in [1.165, 1.54) is 18.2 Å². The quantitative estimate of drug-likeness (QED) is 0.361. The van der Waals surface area contributed by atoms with Gasteiger partial charge in [0, 0.05) is 36.3 Å². The number of nitrogens with zero attached hydrogens (tertiary/aromatic N) is 2. The van der Waals surface area contributed by atoms with Crippen molar-refractivity contribution in [1.29, 1.82) is 0 Å². The van der Waals surface area contributed by atoms with Crippen LogP contribution >= 0.6 is 0 Å². The monoisotopic (exact) mass is 336 g/mol. The van der Waals surface area contributed by atoms with E-state index in [0.29, 0.717) is 24.1 Å². The van der Waals surface area contributed by atoms with Gasteiger partial charge in [0.1, 0.15) is 0 Å². The molecular formula is C19H16N2O4. The first kappa shape index (κ1) is 16.6. The van der Waals surface area contributed by atoms with Gasteiger partial charge in [-0.15, -0.1) is 0 Å². The molecule has 0 unspecified atom stereocenters. The molecule has 0 N–H and O–H groups in total. The molecule has 3 rings (SSSR count). The van der Waals surface area contributed by atoms with Crippen LogP contribution in [-0.4, -0.2) is 23.2 Å². The maximum Gasteiger partial charge on any atom is 0.269 e. The van der Waals surface area contributed by atoms with Crippen LogP contribution in [0.3, 0.4) is 0 Å². The minimum atomic E-state index is -0.468. The highest BCUT2D eigenvalue weighted by molar-refractivity contribution is 6.08. The summed E-state index contributed by atoms with van der Waals surface area (Å²) in [4.78, 5) is 36.0. The van der Waals surface area contributed by atoms with E-state index in [0.717, 1.165) is 12.1 Å². The molecule has 0 radical (unpaired) electrons. The molecule has 2 aromatic carbocycles. The Morgan fingerprint density at radius 1 is 1.16 bits per heavy atom. The van der Waals surface area contributed by atoms with Gasteiger partial charge in [-0.2, -0.15) is 0 Å². The fourth-order valence-corrected chi connectivity index (χ4v) is 2.72. The second-order valence-electron chi connectivity index (χ2n) is 5.75. The molecule has 6 heteroatoms. The van der Waals surface area contributed by atoms with E-state index in [9.17, 15) is 19.7 Å². The fourth-order valence-electron chi connectivity index (χ4n) is 2.72. The SMILES string of the molecule is O=C(/C=C/c1ccc([N+](=O)[O-])cc1)c1cccc(N2CCCC2=O)c1. The van der Waals surface area contributed by atoms with Crippen molar-refractivity contribution in [2.75, 3.05) is 11.4 Å². The minimum absolute atomic E-state index is 0.00598. The van der Waals surface area contributed by atoms with Gasteiger partial charge in [0.15, 0.2) is 5.78 Å². The summed E-state index contributed by atoms with van der Waals surface area (Å²) < 4.78 is 0. The predicted octanol–water partition coefficient (Wildman–Crippen LogP) is 3.62. The van der Waals surface area contributed by atoms with Crippen LogP contribution < -0.4 is 4.90 Å². The van der Waals surface area contributed by atoms with Gasteiger partial charge in [0.2, 0.25) is 5.91 Å². The van der Waals surface area contributed by atoms with Crippen LogP contribution in [0.1, 0.15) is 28.8 Å². The fraction of sp³-hybridized carbons (Fsp3) is 0.158. The highest BCUT2D eigenvalue weighted by Gasteiger charge is 2.22. The van der Waals surface area contributed by atoms with Crippen molar-refractivity contribution in [2.24, 2.45) is 0 Å². The number of nitro groups is 1. The summed E-state index contributed by atoms with van der Waals surface area (Å²) in [7, 11) is 0. The highest BCUT2D eigenvalue weighted by atomic mass is 16.6. The van der Waals surface area contributed by atoms with Crippen LogP contribution in [0.5, 0.6) is 0 Å². The van der Waals surface area contributed by atoms with Crippen molar-refractivity contribution in [3.8, 4) is 0 Å². The summed E-state index contributed by atoms with van der Waals surface area (Å²) in [5.74, 6) is -0.113. The van der Waals surface area contributed by atoms with Crippen molar-refractivity contribution in [2.45, 2.75) is 12.8 Å². The average molecular weight is 336 g/mol. The van der Waals surface area contributed by atoms with E-state index < -0.39 is 4.92 Å². The molecule has 2 aromatic rings. The number of nitro benzene ring substituents is 1. The Kier molecular flexibility index (Phi) is 4.70. The molecule has 0 spiro atoms. The summed E-state index contributed by atoms with van der Waals surface area (Å²) in [6, 6.07) is 12.9. The van der Waals surface area contributed by atoms with E-state index in [-0.39, 0.29) is 17.4 Å². The molecule has 1 amide bonds. The number of carbonyl (C=O) groups excluding carboxylic acids is 2. The Balaban J connectivity index is 1.74. The lowest BCUT2D eigenvalue weighted by molar-refractivity contribution is -0.384. The summed E-state index contributed by atoms with van der Waals surface area (Å²) in [6.07, 6.45) is 4.40. The summed E-state index contributed by atoms with van der Waals surface area (Å²) in [5, 5.41) is 10.6. The second kappa shape index (κ2) is 7.09. The Morgan fingerprint density at radius 3 is 2.56 bits per heavy atom. The Labute approximate surface area is 144 Å². The Bertz CT molecular complexity index is 856. The zero-order valence-electron chi connectivity index (χ0n) is 13.4. The summed E-state index contributed by atoms with van der Waals surface area (Å²) in [5.41, 5.74) is 1.93. The first-order chi connectivity index (χ1) is 12.0. The van der Waals surface area contributed by atoms with Crippen LogP contribution in [0.2, 0.25) is 0 Å². The first-order valence-corrected chi connectivity index (χ1v) is 7.92. The number of ketones is 1. The summed E-state index contributed by atoms with van der Waals surface area (Å²) in [6.45, 7) is 0.676. The second-order valence-corrected chi connectivity index (χ2v) is 5.75. The van der Waals surface area contributed by atoms with Gasteiger partial charge in [-0.25, -0.2) is 0 Å². The number of benzene rings is 2. The minimum Gasteiger partial charge on any atom is -0.312 e. The molecule has 1 heterocycles. The third kappa shape index (κ3) is 3.80. The van der Waals surface area contributed by atoms with Crippen molar-refractivity contribution < 1.29 is 14.5 Å². The van der Waals surface area contributed by atoms with Gasteiger partial charge in [-0.3, -0.25) is 19.7 Å². The highest BCUT2D eigenvalue weighted by Crippen LogP contribution is 2.22. The number of anilines is 1. The Morgan fingerprint density at radius 2 is 1.92 bits per heavy atom. The molecule has 0 bridgehead atoms. The molecule has 6 nitrogen and oxygen atoms in total. The smallest absolute Gasteiger partial charge is 0.269 e. The molecule has 1 aliphatic rings. The lowest BCUT2D eigenvalue weighted by atomic mass is 10.1. The molecule has 1 fully saturated rings. The van der Waals surface area contributed by atoms with Gasteiger partial charge in [0.05, 0.1) is 4.92 Å². The standard InChI is InChI=1S/C19H16N2O4/c22-18(11-8-14-6-9-16(10-7-14)21(24)25)15-3-1-4-17(13-15)20-12-2-5-19(20)23/h1,3-4,6-11,13H,2,5,12H2/b11-8+. The third-order valence-corrected chi connectivity index (χ3v) is 4.05. The third-order valence-electron chi connectivity index (χ3n) is 4.05. The van der Waals surface area contributed by atoms with E-state index in [1.807, 2.05) is 6.07 Å². The van der Waals surface area contributed by atoms with Crippen LogP contribution in [0.25, 0.3) is 6.08 Å². The molecule has 0 aromatic heterocycles. The number of non-ortho nitro benzene ring substituents is 1. The maximum atomic E-state index is 12.3. The average Bonchev–Trinajstić information content (AvgIpc) is 3.06. The molecule has 0 saturated carbocycles. The zero-order chi connectivity index (χ0) is 17.8. The normalized spacial score (nSPS) is 14.2. The zero-order valence-corrected chi connectivity index (χ0v) is 13.4. The molecular weight excluding hydrogens is 320 g/mol. The van der Waals surface area contributed by atoms with Gasteiger partial charge in [-0.1, -0.05) is 18.2 Å². The van der Waals surface area contributed by atoms with Crippen molar-refractivity contribution >= 4 is 29.1 Å². The maximum absolute atomic E-state index is 12.3. The molecule has 0 atom stereocenters. The molecule has 0 aliphatic carbocycles. The van der Waals surface area contributed by atoms with Gasteiger partial charge >= 0.3 is 0 Å². The van der Waals surface area contributed by atoms with Crippen LogP contribution in [0, 0.1) is 10.1 Å². The number of allylic oxidation sites excluding steroid dienone is 1. The van der Waals surface area contributed by atoms with Gasteiger partial charge in [0.25, 0.3) is 5.69 Å². The molecule has 25 heavy (non-hydrogen) atoms. The first-order valence-electron chi connectivity index (χ1n) is 7.92. The van der Waals surface area contributed by atoms with E-state index >= 15 is 0 Å². The largest absolute Gasteiger partial charge is 0.312 e. The van der Waals surface area contributed by atoms with Crippen molar-refractivity contribution in [3.63, 3.8) is 0 Å². The Hall–Kier alpha value is -3.28. The number of rotatable bonds is 5. The number of hydrogen-bond acceptors (Lipinski definition) is 4. The summed E-state index contributed by atoms with van der Waals surface area (Å²) >= 11 is 0. The number of amides is 1. The van der Waals surface area contributed by atoms with Gasteiger partial charge < -0.3 is 4.90 Å². The van der Waals surface area contributed by atoms with E-state index in [4.69, 9.17) is 0 Å². The van der Waals surface area contributed by atoms with Crippen molar-refractivity contribution in [3.05, 3.63) is 75.8 Å².